The maximum atomic E-state index is 12.4. The van der Waals surface area contributed by atoms with E-state index >= 15 is 0 Å². The minimum absolute atomic E-state index is 0.0747. The van der Waals surface area contributed by atoms with Crippen LogP contribution in [0.5, 0.6) is 0 Å². The number of hydrogen-bond donors (Lipinski definition) is 0. The molecule has 7 nitrogen and oxygen atoms in total. The second kappa shape index (κ2) is 7.42. The van der Waals surface area contributed by atoms with E-state index in [2.05, 4.69) is 57.1 Å². The van der Waals surface area contributed by atoms with Crippen LogP contribution in [0, 0.1) is 13.8 Å². The van der Waals surface area contributed by atoms with Crippen LogP contribution < -0.4 is 4.84 Å². The number of nitrogens with zero attached hydrogens (tertiary/aromatic N) is 4. The number of fused-ring (bicyclic) bond motifs is 1. The molecule has 0 spiro atoms. The summed E-state index contributed by atoms with van der Waals surface area (Å²) in [6.07, 6.45) is 0. The Morgan fingerprint density at radius 2 is 1.69 bits per heavy atom. The Labute approximate surface area is 172 Å². The maximum Gasteiger partial charge on any atom is 0.242 e. The second-order valence-electron chi connectivity index (χ2n) is 8.51. The summed E-state index contributed by atoms with van der Waals surface area (Å²) in [5.41, 5.74) is 5.81. The molecule has 1 aromatic heterocycles. The first-order valence-electron chi connectivity index (χ1n) is 9.43. The third-order valence-corrected chi connectivity index (χ3v) is 6.87. The first-order chi connectivity index (χ1) is 13.4. The molecule has 0 N–H and O–H groups in total. The van der Waals surface area contributed by atoms with E-state index in [9.17, 15) is 8.42 Å². The summed E-state index contributed by atoms with van der Waals surface area (Å²) in [4.78, 5) is 7.36. The minimum Gasteiger partial charge on any atom is -0.390 e. The molecule has 0 aliphatic rings. The van der Waals surface area contributed by atoms with Crippen LogP contribution in [-0.2, 0) is 22.0 Å². The van der Waals surface area contributed by atoms with Crippen molar-refractivity contribution in [3.8, 4) is 0 Å². The van der Waals surface area contributed by atoms with Crippen LogP contribution in [0.25, 0.3) is 11.0 Å². The molecule has 0 saturated heterocycles. The fourth-order valence-electron chi connectivity index (χ4n) is 3.12. The molecule has 0 bridgehead atoms. The molecule has 1 heterocycles. The average Bonchev–Trinajstić information content (AvgIpc) is 3.02. The van der Waals surface area contributed by atoms with Crippen LogP contribution >= 0.6 is 0 Å². The quantitative estimate of drug-likeness (QED) is 0.638. The zero-order valence-electron chi connectivity index (χ0n) is 18.0. The lowest BCUT2D eigenvalue weighted by Gasteiger charge is -2.22. The summed E-state index contributed by atoms with van der Waals surface area (Å²) in [5, 5.41) is 8.10. The van der Waals surface area contributed by atoms with Gasteiger partial charge >= 0.3 is 0 Å². The van der Waals surface area contributed by atoms with E-state index in [1.165, 1.54) is 40.9 Å². The Kier molecular flexibility index (Phi) is 5.44. The van der Waals surface area contributed by atoms with Crippen LogP contribution in [0.2, 0.25) is 0 Å². The molecule has 8 heteroatoms. The summed E-state index contributed by atoms with van der Waals surface area (Å²) >= 11 is 0. The fraction of sp³-hybridized carbons (Fsp3) is 0.429. The van der Waals surface area contributed by atoms with Crippen molar-refractivity contribution < 1.29 is 13.3 Å². The van der Waals surface area contributed by atoms with Gasteiger partial charge in [0.25, 0.3) is 0 Å². The SMILES string of the molecule is Cc1cc(C(C)(C)C)cc(C)c1COn1nnc2ccc(S(=O)(=O)N(C)C)cc21. The van der Waals surface area contributed by atoms with Crippen molar-refractivity contribution >= 4 is 21.1 Å². The molecule has 2 aromatic carbocycles. The van der Waals surface area contributed by atoms with Crippen LogP contribution in [-0.4, -0.2) is 42.0 Å². The molecule has 29 heavy (non-hydrogen) atoms. The minimum atomic E-state index is -3.55. The monoisotopic (exact) mass is 416 g/mol. The molecule has 0 atom stereocenters. The Morgan fingerprint density at radius 1 is 1.07 bits per heavy atom. The summed E-state index contributed by atoms with van der Waals surface area (Å²) < 4.78 is 26.0. The molecule has 0 radical (unpaired) electrons. The fourth-order valence-corrected chi connectivity index (χ4v) is 4.05. The van der Waals surface area contributed by atoms with Crippen LogP contribution in [0.3, 0.4) is 0 Å². The lowest BCUT2D eigenvalue weighted by atomic mass is 9.84. The van der Waals surface area contributed by atoms with Gasteiger partial charge in [0, 0.05) is 14.1 Å². The third kappa shape index (κ3) is 4.13. The van der Waals surface area contributed by atoms with Crippen molar-refractivity contribution in [2.45, 2.75) is 51.5 Å². The lowest BCUT2D eigenvalue weighted by Crippen LogP contribution is -2.22. The van der Waals surface area contributed by atoms with Gasteiger partial charge in [-0.2, -0.15) is 0 Å². The van der Waals surface area contributed by atoms with Gasteiger partial charge in [-0.05, 0) is 64.9 Å². The van der Waals surface area contributed by atoms with Gasteiger partial charge in [0.1, 0.15) is 17.6 Å². The van der Waals surface area contributed by atoms with E-state index in [-0.39, 0.29) is 10.3 Å². The normalized spacial score (nSPS) is 12.7. The molecular formula is C21H28N4O3S. The Morgan fingerprint density at radius 3 is 2.24 bits per heavy atom. The van der Waals surface area contributed by atoms with Crippen LogP contribution in [0.1, 0.15) is 43.0 Å². The zero-order chi connectivity index (χ0) is 21.6. The van der Waals surface area contributed by atoms with Gasteiger partial charge in [-0.25, -0.2) is 12.7 Å². The largest absolute Gasteiger partial charge is 0.390 e. The van der Waals surface area contributed by atoms with Gasteiger partial charge in [0.2, 0.25) is 10.0 Å². The highest BCUT2D eigenvalue weighted by atomic mass is 32.2. The van der Waals surface area contributed by atoms with Crippen molar-refractivity contribution in [1.29, 1.82) is 0 Å². The van der Waals surface area contributed by atoms with Gasteiger partial charge in [0.15, 0.2) is 0 Å². The van der Waals surface area contributed by atoms with E-state index in [4.69, 9.17) is 4.84 Å². The molecule has 3 aromatic rings. The highest BCUT2D eigenvalue weighted by molar-refractivity contribution is 7.89. The number of rotatable bonds is 5. The van der Waals surface area contributed by atoms with E-state index in [1.54, 1.807) is 6.07 Å². The van der Waals surface area contributed by atoms with Crippen molar-refractivity contribution in [2.24, 2.45) is 0 Å². The predicted molar refractivity (Wildman–Crippen MR) is 113 cm³/mol. The standard InChI is InChI=1S/C21H28N4O3S/c1-14-10-16(21(3,4)5)11-15(2)18(14)13-28-25-20-12-17(29(26,27)24(6)7)8-9-19(20)22-23-25/h8-12H,13H2,1-7H3. The summed E-state index contributed by atoms with van der Waals surface area (Å²) in [5.74, 6) is 0. The molecule has 0 saturated carbocycles. The molecule has 3 rings (SSSR count). The topological polar surface area (TPSA) is 77.3 Å². The molecule has 156 valence electrons. The number of benzene rings is 2. The highest BCUT2D eigenvalue weighted by Crippen LogP contribution is 2.27. The van der Waals surface area contributed by atoms with Gasteiger partial charge in [-0.15, -0.1) is 5.10 Å². The van der Waals surface area contributed by atoms with Crippen molar-refractivity contribution in [2.75, 3.05) is 14.1 Å². The lowest BCUT2D eigenvalue weighted by molar-refractivity contribution is 0.0745. The van der Waals surface area contributed by atoms with Gasteiger partial charge in [0.05, 0.1) is 4.90 Å². The number of aryl methyl sites for hydroxylation is 2. The Hall–Kier alpha value is -2.45. The van der Waals surface area contributed by atoms with Gasteiger partial charge < -0.3 is 4.84 Å². The van der Waals surface area contributed by atoms with E-state index in [0.29, 0.717) is 17.6 Å². The van der Waals surface area contributed by atoms with Crippen LogP contribution in [0.4, 0.5) is 0 Å². The van der Waals surface area contributed by atoms with Crippen molar-refractivity contribution in [3.63, 3.8) is 0 Å². The first kappa shape index (κ1) is 21.3. The van der Waals surface area contributed by atoms with Crippen LogP contribution in [0.15, 0.2) is 35.2 Å². The molecule has 0 aliphatic heterocycles. The van der Waals surface area contributed by atoms with E-state index in [1.807, 2.05) is 0 Å². The number of hydrogen-bond acceptors (Lipinski definition) is 5. The van der Waals surface area contributed by atoms with E-state index < -0.39 is 10.0 Å². The smallest absolute Gasteiger partial charge is 0.242 e. The molecule has 0 unspecified atom stereocenters. The molecule has 0 amide bonds. The Bertz CT molecular complexity index is 1140. The van der Waals surface area contributed by atoms with Gasteiger partial charge in [-0.3, -0.25) is 0 Å². The maximum absolute atomic E-state index is 12.4. The number of sulfonamides is 1. The average molecular weight is 417 g/mol. The first-order valence-corrected chi connectivity index (χ1v) is 10.9. The van der Waals surface area contributed by atoms with Crippen molar-refractivity contribution in [3.05, 3.63) is 52.6 Å². The molecular weight excluding hydrogens is 388 g/mol. The Balaban J connectivity index is 1.92. The van der Waals surface area contributed by atoms with E-state index in [0.717, 1.165) is 16.7 Å². The third-order valence-electron chi connectivity index (χ3n) is 5.06. The zero-order valence-corrected chi connectivity index (χ0v) is 18.8. The van der Waals surface area contributed by atoms with Gasteiger partial charge in [-0.1, -0.05) is 37.7 Å². The summed E-state index contributed by atoms with van der Waals surface area (Å²) in [7, 11) is -0.557. The number of aromatic nitrogens is 3. The summed E-state index contributed by atoms with van der Waals surface area (Å²) in [6, 6.07) is 9.07. The molecule has 0 fully saturated rings. The second-order valence-corrected chi connectivity index (χ2v) is 10.7. The predicted octanol–water partition coefficient (Wildman–Crippen LogP) is 3.22. The molecule has 0 aliphatic carbocycles. The van der Waals surface area contributed by atoms with Crippen molar-refractivity contribution in [1.82, 2.24) is 19.5 Å². The highest BCUT2D eigenvalue weighted by Gasteiger charge is 2.20. The summed E-state index contributed by atoms with van der Waals surface area (Å²) in [6.45, 7) is 11.0.